The van der Waals surface area contributed by atoms with Crippen molar-refractivity contribution in [3.8, 4) is 0 Å². The summed E-state index contributed by atoms with van der Waals surface area (Å²) < 4.78 is 10.8. The molecule has 1 aromatic heterocycles. The molecule has 0 saturated carbocycles. The zero-order valence-corrected chi connectivity index (χ0v) is 12.5. The molecule has 0 spiro atoms. The third kappa shape index (κ3) is 3.77. The first-order chi connectivity index (χ1) is 10.8. The fourth-order valence-corrected chi connectivity index (χ4v) is 2.88. The molecule has 0 unspecified atom stereocenters. The van der Waals surface area contributed by atoms with E-state index in [4.69, 9.17) is 9.15 Å². The number of ether oxygens (including phenoxy) is 1. The van der Waals surface area contributed by atoms with Gasteiger partial charge in [0.15, 0.2) is 0 Å². The number of carbonyl (C=O) groups excluding carboxylic acids is 1. The van der Waals surface area contributed by atoms with Gasteiger partial charge in [-0.05, 0) is 30.0 Å². The zero-order valence-electron chi connectivity index (χ0n) is 12.5. The van der Waals surface area contributed by atoms with Crippen LogP contribution in [0, 0.1) is 5.92 Å². The van der Waals surface area contributed by atoms with Gasteiger partial charge in [-0.15, -0.1) is 0 Å². The van der Waals surface area contributed by atoms with E-state index >= 15 is 0 Å². The Bertz CT molecular complexity index is 580. The van der Waals surface area contributed by atoms with Crippen molar-refractivity contribution in [2.75, 3.05) is 13.2 Å². The summed E-state index contributed by atoms with van der Waals surface area (Å²) in [5.41, 5.74) is 2.25. The van der Waals surface area contributed by atoms with Crippen LogP contribution in [-0.4, -0.2) is 19.1 Å². The summed E-state index contributed by atoms with van der Waals surface area (Å²) in [5.74, 6) is 0.431. The van der Waals surface area contributed by atoms with Crippen molar-refractivity contribution in [2.24, 2.45) is 5.92 Å². The molecule has 3 rings (SSSR count). The summed E-state index contributed by atoms with van der Waals surface area (Å²) >= 11 is 0. The Morgan fingerprint density at radius 2 is 2.09 bits per heavy atom. The van der Waals surface area contributed by atoms with E-state index in [1.54, 1.807) is 12.5 Å². The lowest BCUT2D eigenvalue weighted by molar-refractivity contribution is -0.121. The Balaban J connectivity index is 1.47. The van der Waals surface area contributed by atoms with Crippen molar-refractivity contribution in [3.05, 3.63) is 60.1 Å². The number of amides is 1. The van der Waals surface area contributed by atoms with Crippen LogP contribution >= 0.6 is 0 Å². The molecule has 4 heteroatoms. The van der Waals surface area contributed by atoms with Crippen molar-refractivity contribution in [1.82, 2.24) is 5.32 Å². The molecule has 0 radical (unpaired) electrons. The van der Waals surface area contributed by atoms with Crippen LogP contribution in [0.25, 0.3) is 0 Å². The van der Waals surface area contributed by atoms with Crippen LogP contribution in [0.4, 0.5) is 0 Å². The molecule has 1 fully saturated rings. The van der Waals surface area contributed by atoms with Crippen LogP contribution < -0.4 is 5.32 Å². The molecule has 1 aliphatic rings. The van der Waals surface area contributed by atoms with E-state index in [-0.39, 0.29) is 12.0 Å². The van der Waals surface area contributed by atoms with E-state index in [1.807, 2.05) is 24.3 Å². The number of benzene rings is 1. The Labute approximate surface area is 130 Å². The topological polar surface area (TPSA) is 51.5 Å². The van der Waals surface area contributed by atoms with Crippen LogP contribution in [-0.2, 0) is 16.0 Å². The Morgan fingerprint density at radius 3 is 2.86 bits per heavy atom. The number of aryl methyl sites for hydroxylation is 1. The molecule has 1 amide bonds. The molecule has 1 aromatic carbocycles. The smallest absolute Gasteiger partial charge is 0.220 e. The van der Waals surface area contributed by atoms with Gasteiger partial charge in [0.1, 0.15) is 0 Å². The van der Waals surface area contributed by atoms with E-state index in [0.717, 1.165) is 18.6 Å². The Kier molecular flexibility index (Phi) is 4.91. The number of furan rings is 1. The maximum Gasteiger partial charge on any atom is 0.220 e. The summed E-state index contributed by atoms with van der Waals surface area (Å²) in [4.78, 5) is 12.0. The lowest BCUT2D eigenvalue weighted by atomic mass is 9.95. The number of hydrogen-bond acceptors (Lipinski definition) is 3. The van der Waals surface area contributed by atoms with Gasteiger partial charge in [0, 0.05) is 25.5 Å². The minimum atomic E-state index is 0.0833. The van der Waals surface area contributed by atoms with Crippen molar-refractivity contribution in [1.29, 1.82) is 0 Å². The van der Waals surface area contributed by atoms with Crippen molar-refractivity contribution < 1.29 is 13.9 Å². The van der Waals surface area contributed by atoms with E-state index in [0.29, 0.717) is 25.3 Å². The standard InChI is InChI=1S/C18H21NO3/c20-17(7-6-14-8-10-21-13-14)19-12-16-9-11-22-18(16)15-4-2-1-3-5-15/h1-5,8,10,13,16,18H,6-7,9,11-12H2,(H,19,20)/t16-,18-/m0/s1. The van der Waals surface area contributed by atoms with Gasteiger partial charge >= 0.3 is 0 Å². The number of nitrogens with one attached hydrogen (secondary N) is 1. The highest BCUT2D eigenvalue weighted by atomic mass is 16.5. The zero-order chi connectivity index (χ0) is 15.2. The highest BCUT2D eigenvalue weighted by Crippen LogP contribution is 2.33. The minimum Gasteiger partial charge on any atom is -0.472 e. The monoisotopic (exact) mass is 299 g/mol. The fraction of sp³-hybridized carbons (Fsp3) is 0.389. The number of carbonyl (C=O) groups is 1. The molecule has 116 valence electrons. The predicted octanol–water partition coefficient (Wildman–Crippen LogP) is 3.11. The minimum absolute atomic E-state index is 0.0833. The van der Waals surface area contributed by atoms with Gasteiger partial charge in [0.25, 0.3) is 0 Å². The van der Waals surface area contributed by atoms with Crippen molar-refractivity contribution in [2.45, 2.75) is 25.4 Å². The summed E-state index contributed by atoms with van der Waals surface area (Å²) in [5, 5.41) is 3.04. The summed E-state index contributed by atoms with van der Waals surface area (Å²) in [6.07, 6.45) is 5.60. The molecule has 2 atom stereocenters. The molecule has 0 aliphatic carbocycles. The molecule has 2 aromatic rings. The van der Waals surface area contributed by atoms with Gasteiger partial charge in [-0.3, -0.25) is 4.79 Å². The molecule has 22 heavy (non-hydrogen) atoms. The predicted molar refractivity (Wildman–Crippen MR) is 83.3 cm³/mol. The SMILES string of the molecule is O=C(CCc1ccoc1)NC[C@@H]1CCO[C@H]1c1ccccc1. The van der Waals surface area contributed by atoms with Crippen LogP contribution in [0.2, 0.25) is 0 Å². The third-order valence-electron chi connectivity index (χ3n) is 4.12. The Morgan fingerprint density at radius 1 is 1.23 bits per heavy atom. The quantitative estimate of drug-likeness (QED) is 0.891. The first-order valence-corrected chi connectivity index (χ1v) is 7.77. The van der Waals surface area contributed by atoms with E-state index in [9.17, 15) is 4.79 Å². The van der Waals surface area contributed by atoms with Gasteiger partial charge in [0.2, 0.25) is 5.91 Å². The third-order valence-corrected chi connectivity index (χ3v) is 4.12. The van der Waals surface area contributed by atoms with Gasteiger partial charge in [0.05, 0.1) is 18.6 Å². The maximum atomic E-state index is 12.0. The summed E-state index contributed by atoms with van der Waals surface area (Å²) in [6.45, 7) is 1.43. The molecular weight excluding hydrogens is 278 g/mol. The van der Waals surface area contributed by atoms with Gasteiger partial charge in [-0.2, -0.15) is 0 Å². The number of hydrogen-bond donors (Lipinski definition) is 1. The highest BCUT2D eigenvalue weighted by Gasteiger charge is 2.29. The van der Waals surface area contributed by atoms with Crippen LogP contribution in [0.5, 0.6) is 0 Å². The van der Waals surface area contributed by atoms with Crippen LogP contribution in [0.15, 0.2) is 53.3 Å². The molecule has 1 saturated heterocycles. The second-order valence-corrected chi connectivity index (χ2v) is 5.69. The molecule has 2 heterocycles. The highest BCUT2D eigenvalue weighted by molar-refractivity contribution is 5.76. The lowest BCUT2D eigenvalue weighted by Crippen LogP contribution is -2.30. The van der Waals surface area contributed by atoms with Gasteiger partial charge < -0.3 is 14.5 Å². The first-order valence-electron chi connectivity index (χ1n) is 7.77. The molecule has 0 bridgehead atoms. The van der Waals surface area contributed by atoms with Crippen molar-refractivity contribution in [3.63, 3.8) is 0 Å². The number of rotatable bonds is 6. The largest absolute Gasteiger partial charge is 0.472 e. The second kappa shape index (κ2) is 7.27. The second-order valence-electron chi connectivity index (χ2n) is 5.69. The summed E-state index contributed by atoms with van der Waals surface area (Å²) in [7, 11) is 0. The van der Waals surface area contributed by atoms with Crippen LogP contribution in [0.3, 0.4) is 0 Å². The fourth-order valence-electron chi connectivity index (χ4n) is 2.88. The average molecular weight is 299 g/mol. The molecule has 4 nitrogen and oxygen atoms in total. The molecule has 1 N–H and O–H groups in total. The van der Waals surface area contributed by atoms with Crippen LogP contribution in [0.1, 0.15) is 30.1 Å². The van der Waals surface area contributed by atoms with Gasteiger partial charge in [-0.25, -0.2) is 0 Å². The van der Waals surface area contributed by atoms with E-state index in [1.165, 1.54) is 5.56 Å². The maximum absolute atomic E-state index is 12.0. The van der Waals surface area contributed by atoms with Crippen molar-refractivity contribution >= 4 is 5.91 Å². The first kappa shape index (κ1) is 14.9. The Hall–Kier alpha value is -2.07. The summed E-state index contributed by atoms with van der Waals surface area (Å²) in [6, 6.07) is 12.1. The molecule has 1 aliphatic heterocycles. The van der Waals surface area contributed by atoms with E-state index < -0.39 is 0 Å². The lowest BCUT2D eigenvalue weighted by Gasteiger charge is -2.19. The normalized spacial score (nSPS) is 20.9. The average Bonchev–Trinajstić information content (AvgIpc) is 3.23. The molecular formula is C18H21NO3. The van der Waals surface area contributed by atoms with Gasteiger partial charge in [-0.1, -0.05) is 30.3 Å². The van der Waals surface area contributed by atoms with E-state index in [2.05, 4.69) is 17.4 Å².